The number of amides is 2. The molecule has 0 saturated carbocycles. The largest absolute Gasteiger partial charge is 0.333 e. The lowest BCUT2D eigenvalue weighted by atomic mass is 9.87. The van der Waals surface area contributed by atoms with Gasteiger partial charge in [0.1, 0.15) is 0 Å². The van der Waals surface area contributed by atoms with E-state index in [-0.39, 0.29) is 10.3 Å². The fraction of sp³-hybridized carbons (Fsp3) is 0.458. The highest BCUT2D eigenvalue weighted by Crippen LogP contribution is 2.38. The number of sulfonamides is 1. The molecule has 0 aromatic heterocycles. The van der Waals surface area contributed by atoms with Crippen LogP contribution in [-0.2, 0) is 41.1 Å². The number of hydrogen-bond donors (Lipinski definition) is 2. The molecule has 2 N–H and O–H groups in total. The highest BCUT2D eigenvalue weighted by atomic mass is 32.2. The first-order valence-electron chi connectivity index (χ1n) is 10.8. The van der Waals surface area contributed by atoms with Gasteiger partial charge in [-0.05, 0) is 90.3 Å². The predicted molar refractivity (Wildman–Crippen MR) is 120 cm³/mol. The van der Waals surface area contributed by atoms with Crippen LogP contribution in [0.25, 0.3) is 0 Å². The Bertz CT molecular complexity index is 1080. The third-order valence-electron chi connectivity index (χ3n) is 6.22. The van der Waals surface area contributed by atoms with Crippen molar-refractivity contribution in [2.45, 2.75) is 76.0 Å². The maximum atomic E-state index is 12.7. The molecule has 2 aromatic carbocycles. The van der Waals surface area contributed by atoms with E-state index in [9.17, 15) is 13.2 Å². The monoisotopic (exact) mass is 426 g/mol. The first-order chi connectivity index (χ1) is 14.1. The number of anilines is 1. The number of nitrogens with one attached hydrogen (secondary N) is 2. The first-order valence-corrected chi connectivity index (χ1v) is 12.2. The summed E-state index contributed by atoms with van der Waals surface area (Å²) in [6.45, 7) is 6.21. The number of aryl methyl sites for hydroxylation is 2. The maximum absolute atomic E-state index is 12.7. The molecule has 2 aromatic rings. The van der Waals surface area contributed by atoms with Crippen molar-refractivity contribution in [3.8, 4) is 0 Å². The van der Waals surface area contributed by atoms with Crippen LogP contribution in [0.1, 0.15) is 67.9 Å². The minimum absolute atomic E-state index is 0.0696. The van der Waals surface area contributed by atoms with E-state index in [4.69, 9.17) is 0 Å². The van der Waals surface area contributed by atoms with Gasteiger partial charge in [-0.15, -0.1) is 0 Å². The minimum atomic E-state index is -3.94. The van der Waals surface area contributed by atoms with Gasteiger partial charge in [0.25, 0.3) is 10.0 Å². The molecule has 0 atom stereocenters. The summed E-state index contributed by atoms with van der Waals surface area (Å²) in [6.07, 6.45) is 7.25. The predicted octanol–water partition coefficient (Wildman–Crippen LogP) is 4.86. The first kappa shape index (κ1) is 20.9. The van der Waals surface area contributed by atoms with Gasteiger partial charge in [0.15, 0.2) is 0 Å². The molecule has 0 unspecified atom stereocenters. The lowest BCUT2D eigenvalue weighted by Gasteiger charge is -2.23. The van der Waals surface area contributed by atoms with Gasteiger partial charge in [0.2, 0.25) is 0 Å². The molecule has 0 saturated heterocycles. The van der Waals surface area contributed by atoms with E-state index in [0.717, 1.165) is 56.2 Å². The molecule has 30 heavy (non-hydrogen) atoms. The molecule has 4 rings (SSSR count). The summed E-state index contributed by atoms with van der Waals surface area (Å²) in [5.41, 5.74) is 6.78. The van der Waals surface area contributed by atoms with Crippen molar-refractivity contribution in [1.29, 1.82) is 0 Å². The molecule has 2 aliphatic carbocycles. The summed E-state index contributed by atoms with van der Waals surface area (Å²) in [4.78, 5) is 12.8. The van der Waals surface area contributed by atoms with Crippen molar-refractivity contribution in [2.75, 3.05) is 5.32 Å². The number of fused-ring (bicyclic) bond motifs is 2. The van der Waals surface area contributed by atoms with E-state index in [0.29, 0.717) is 0 Å². The number of benzene rings is 2. The molecule has 0 fully saturated rings. The highest BCUT2D eigenvalue weighted by Gasteiger charge is 2.26. The van der Waals surface area contributed by atoms with E-state index in [1.54, 1.807) is 24.3 Å². The second-order valence-electron chi connectivity index (χ2n) is 9.42. The van der Waals surface area contributed by atoms with Crippen LogP contribution in [0.15, 0.2) is 35.2 Å². The Hall–Kier alpha value is -2.34. The zero-order valence-corrected chi connectivity index (χ0v) is 18.8. The molecule has 0 spiro atoms. The van der Waals surface area contributed by atoms with Gasteiger partial charge in [0.05, 0.1) is 4.90 Å². The van der Waals surface area contributed by atoms with Crippen LogP contribution in [0, 0.1) is 0 Å². The molecule has 0 aliphatic heterocycles. The molecule has 2 amide bonds. The molecule has 0 bridgehead atoms. The summed E-state index contributed by atoms with van der Waals surface area (Å²) in [6, 6.07) is 8.31. The smallest absolute Gasteiger partial charge is 0.307 e. The second kappa shape index (κ2) is 7.73. The number of rotatable bonds is 3. The average molecular weight is 427 g/mol. The van der Waals surface area contributed by atoms with Gasteiger partial charge in [-0.2, -0.15) is 0 Å². The van der Waals surface area contributed by atoms with Gasteiger partial charge in [-0.25, -0.2) is 17.9 Å². The SMILES string of the molecule is CC(C)(C)c1ccc(S(=O)(=O)NC(=O)Nc2c3c(cc4c2CCC4)CCCC3)cc1. The molecular formula is C24H30N2O3S. The molecule has 160 valence electrons. The van der Waals surface area contributed by atoms with Crippen LogP contribution in [0.3, 0.4) is 0 Å². The highest BCUT2D eigenvalue weighted by molar-refractivity contribution is 7.90. The van der Waals surface area contributed by atoms with Gasteiger partial charge >= 0.3 is 6.03 Å². The van der Waals surface area contributed by atoms with Crippen LogP contribution in [0.2, 0.25) is 0 Å². The van der Waals surface area contributed by atoms with E-state index in [2.05, 4.69) is 36.9 Å². The van der Waals surface area contributed by atoms with E-state index in [1.165, 1.54) is 22.3 Å². The third-order valence-corrected chi connectivity index (χ3v) is 7.57. The fourth-order valence-corrected chi connectivity index (χ4v) is 5.49. The molecule has 2 aliphatic rings. The Balaban J connectivity index is 1.56. The molecular weight excluding hydrogens is 396 g/mol. The fourth-order valence-electron chi connectivity index (χ4n) is 4.58. The summed E-state index contributed by atoms with van der Waals surface area (Å²) >= 11 is 0. The molecule has 5 nitrogen and oxygen atoms in total. The second-order valence-corrected chi connectivity index (χ2v) is 11.1. The Morgan fingerprint density at radius 1 is 0.867 bits per heavy atom. The van der Waals surface area contributed by atoms with Crippen molar-refractivity contribution in [2.24, 2.45) is 0 Å². The van der Waals surface area contributed by atoms with Crippen LogP contribution in [0.4, 0.5) is 10.5 Å². The summed E-state index contributed by atoms with van der Waals surface area (Å²) < 4.78 is 27.7. The normalized spacial score (nSPS) is 16.0. The van der Waals surface area contributed by atoms with Gasteiger partial charge < -0.3 is 5.32 Å². The van der Waals surface area contributed by atoms with Gasteiger partial charge in [0, 0.05) is 5.69 Å². The third kappa shape index (κ3) is 4.10. The summed E-state index contributed by atoms with van der Waals surface area (Å²) in [5, 5.41) is 2.90. The zero-order valence-electron chi connectivity index (χ0n) is 18.0. The molecule has 6 heteroatoms. The van der Waals surface area contributed by atoms with Crippen LogP contribution in [0.5, 0.6) is 0 Å². The lowest BCUT2D eigenvalue weighted by Crippen LogP contribution is -2.35. The Morgan fingerprint density at radius 2 is 1.43 bits per heavy atom. The van der Waals surface area contributed by atoms with Crippen LogP contribution >= 0.6 is 0 Å². The van der Waals surface area contributed by atoms with E-state index < -0.39 is 16.1 Å². The minimum Gasteiger partial charge on any atom is -0.307 e. The molecule has 0 radical (unpaired) electrons. The summed E-state index contributed by atoms with van der Waals surface area (Å²) in [7, 11) is -3.94. The van der Waals surface area contributed by atoms with Crippen molar-refractivity contribution in [1.82, 2.24) is 4.72 Å². The maximum Gasteiger partial charge on any atom is 0.333 e. The zero-order chi connectivity index (χ0) is 21.5. The summed E-state index contributed by atoms with van der Waals surface area (Å²) in [5.74, 6) is 0. The topological polar surface area (TPSA) is 75.3 Å². The van der Waals surface area contributed by atoms with E-state index in [1.807, 2.05) is 0 Å². The number of carbonyl (C=O) groups is 1. The van der Waals surface area contributed by atoms with Crippen molar-refractivity contribution in [3.05, 3.63) is 58.1 Å². The molecule has 0 heterocycles. The lowest BCUT2D eigenvalue weighted by molar-refractivity contribution is 0.256. The number of urea groups is 1. The van der Waals surface area contributed by atoms with Crippen LogP contribution < -0.4 is 10.0 Å². The Morgan fingerprint density at radius 3 is 2.07 bits per heavy atom. The van der Waals surface area contributed by atoms with Crippen LogP contribution in [-0.4, -0.2) is 14.4 Å². The van der Waals surface area contributed by atoms with Crippen molar-refractivity contribution >= 4 is 21.7 Å². The average Bonchev–Trinajstić information content (AvgIpc) is 3.15. The Kier molecular flexibility index (Phi) is 5.39. The van der Waals surface area contributed by atoms with Crippen molar-refractivity contribution in [3.63, 3.8) is 0 Å². The Labute approximate surface area is 179 Å². The van der Waals surface area contributed by atoms with Crippen molar-refractivity contribution < 1.29 is 13.2 Å². The number of carbonyl (C=O) groups excluding carboxylic acids is 1. The van der Waals surface area contributed by atoms with Gasteiger partial charge in [-0.1, -0.05) is 39.0 Å². The quantitative estimate of drug-likeness (QED) is 0.736. The number of hydrogen-bond acceptors (Lipinski definition) is 3. The van der Waals surface area contributed by atoms with E-state index >= 15 is 0 Å². The van der Waals surface area contributed by atoms with Gasteiger partial charge in [-0.3, -0.25) is 0 Å². The standard InChI is InChI=1S/C24H30N2O3S/c1-24(2,3)18-11-13-19(14-12-18)30(28,29)26-23(27)25-22-20-9-5-4-7-16(20)15-17-8-6-10-21(17)22/h11-15H,4-10H2,1-3H3,(H2,25,26,27).